The second-order valence-electron chi connectivity index (χ2n) is 8.10. The molecule has 3 aromatic rings. The van der Waals surface area contributed by atoms with Gasteiger partial charge in [-0.25, -0.2) is 13.2 Å². The minimum Gasteiger partial charge on any atom is -0.480 e. The van der Waals surface area contributed by atoms with Gasteiger partial charge in [0.15, 0.2) is 0 Å². The maximum absolute atomic E-state index is 12.5. The van der Waals surface area contributed by atoms with Crippen LogP contribution in [0.3, 0.4) is 0 Å². The highest BCUT2D eigenvalue weighted by Crippen LogP contribution is 2.36. The van der Waals surface area contributed by atoms with Gasteiger partial charge in [0, 0.05) is 49.2 Å². The summed E-state index contributed by atoms with van der Waals surface area (Å²) in [5, 5.41) is 20.9. The van der Waals surface area contributed by atoms with Crippen LogP contribution in [-0.4, -0.2) is 76.8 Å². The molecule has 1 atom stereocenters. The van der Waals surface area contributed by atoms with Gasteiger partial charge in [-0.1, -0.05) is 48.5 Å². The molecule has 0 spiro atoms. The van der Waals surface area contributed by atoms with Crippen LogP contribution in [0.2, 0.25) is 0 Å². The number of aliphatic carboxylic acids is 1. The van der Waals surface area contributed by atoms with Gasteiger partial charge >= 0.3 is 11.9 Å². The van der Waals surface area contributed by atoms with E-state index in [2.05, 4.69) is 0 Å². The molecule has 174 valence electrons. The molecule has 0 amide bonds. The molecule has 10 heteroatoms. The van der Waals surface area contributed by atoms with Crippen molar-refractivity contribution in [3.8, 4) is 0 Å². The van der Waals surface area contributed by atoms with Gasteiger partial charge in [0.2, 0.25) is 10.0 Å². The number of rotatable bonds is 7. The number of hydrogen-bond donors (Lipinski definition) is 2. The van der Waals surface area contributed by atoms with Gasteiger partial charge in [0.25, 0.3) is 0 Å². The number of aromatic nitrogens is 1. The molecule has 1 fully saturated rings. The number of carbonyl (C=O) groups is 2. The van der Waals surface area contributed by atoms with Crippen LogP contribution in [0.25, 0.3) is 10.9 Å². The van der Waals surface area contributed by atoms with Crippen LogP contribution >= 0.6 is 0 Å². The first-order chi connectivity index (χ1) is 15.7. The zero-order chi connectivity index (χ0) is 23.8. The summed E-state index contributed by atoms with van der Waals surface area (Å²) in [7, 11) is -3.39. The van der Waals surface area contributed by atoms with Crippen molar-refractivity contribution in [1.82, 2.24) is 13.8 Å². The fraction of sp³-hybridized carbons (Fsp3) is 0.304. The first-order valence-electron chi connectivity index (χ1n) is 10.5. The topological polar surface area (TPSA) is 120 Å². The van der Waals surface area contributed by atoms with E-state index < -0.39 is 28.0 Å². The molecule has 1 aliphatic rings. The van der Waals surface area contributed by atoms with E-state index in [4.69, 9.17) is 0 Å². The SMILES string of the molecule is CS(=O)(=O)N1CCN(C(C(=O)O)c2c(C(=O)O)n(Cc3ccccc3)c3ccccc23)CC1. The van der Waals surface area contributed by atoms with E-state index in [-0.39, 0.29) is 44.0 Å². The van der Waals surface area contributed by atoms with Crippen LogP contribution in [0, 0.1) is 0 Å². The fourth-order valence-corrected chi connectivity index (χ4v) is 5.35. The largest absolute Gasteiger partial charge is 0.480 e. The zero-order valence-corrected chi connectivity index (χ0v) is 18.9. The molecular formula is C23H25N3O6S. The van der Waals surface area contributed by atoms with E-state index in [1.165, 1.54) is 4.31 Å². The molecule has 0 radical (unpaired) electrons. The lowest BCUT2D eigenvalue weighted by atomic mass is 10.00. The summed E-state index contributed by atoms with van der Waals surface area (Å²) >= 11 is 0. The highest BCUT2D eigenvalue weighted by molar-refractivity contribution is 7.88. The Kier molecular flexibility index (Phi) is 6.24. The Morgan fingerprint density at radius 1 is 0.939 bits per heavy atom. The second-order valence-corrected chi connectivity index (χ2v) is 10.1. The number of carboxylic acid groups (broad SMARTS) is 2. The molecule has 9 nitrogen and oxygen atoms in total. The molecule has 1 aromatic heterocycles. The van der Waals surface area contributed by atoms with Crippen molar-refractivity contribution >= 4 is 32.9 Å². The van der Waals surface area contributed by atoms with Crippen molar-refractivity contribution in [3.05, 3.63) is 71.4 Å². The number of para-hydroxylation sites is 1. The molecule has 2 heterocycles. The van der Waals surface area contributed by atoms with E-state index in [9.17, 15) is 28.2 Å². The molecule has 2 N–H and O–H groups in total. The Bertz CT molecular complexity index is 1290. The van der Waals surface area contributed by atoms with Gasteiger partial charge in [-0.2, -0.15) is 4.31 Å². The van der Waals surface area contributed by atoms with Crippen LogP contribution in [0.5, 0.6) is 0 Å². The number of fused-ring (bicyclic) bond motifs is 1. The Balaban J connectivity index is 1.84. The molecule has 0 aliphatic carbocycles. The number of benzene rings is 2. The average molecular weight is 472 g/mol. The Morgan fingerprint density at radius 3 is 2.12 bits per heavy atom. The highest BCUT2D eigenvalue weighted by atomic mass is 32.2. The summed E-state index contributed by atoms with van der Waals surface area (Å²) in [6.07, 6.45) is 1.12. The molecule has 2 aromatic carbocycles. The van der Waals surface area contributed by atoms with Crippen molar-refractivity contribution in [2.75, 3.05) is 32.4 Å². The number of sulfonamides is 1. The Morgan fingerprint density at radius 2 is 1.55 bits per heavy atom. The summed E-state index contributed by atoms with van der Waals surface area (Å²) in [4.78, 5) is 26.6. The molecular weight excluding hydrogens is 446 g/mol. The van der Waals surface area contributed by atoms with Crippen molar-refractivity contribution < 1.29 is 28.2 Å². The lowest BCUT2D eigenvalue weighted by molar-refractivity contribution is -0.144. The van der Waals surface area contributed by atoms with Crippen LogP contribution in [0.1, 0.15) is 27.7 Å². The van der Waals surface area contributed by atoms with Crippen LogP contribution in [0.15, 0.2) is 54.6 Å². The number of carboxylic acids is 2. The summed E-state index contributed by atoms with van der Waals surface area (Å²) in [5.41, 5.74) is 1.67. The lowest BCUT2D eigenvalue weighted by Crippen LogP contribution is -2.50. The smallest absolute Gasteiger partial charge is 0.352 e. The summed E-state index contributed by atoms with van der Waals surface area (Å²) in [6, 6.07) is 15.2. The summed E-state index contributed by atoms with van der Waals surface area (Å²) in [6.45, 7) is 0.932. The highest BCUT2D eigenvalue weighted by Gasteiger charge is 2.38. The first-order valence-corrected chi connectivity index (χ1v) is 12.3. The normalized spacial score (nSPS) is 16.6. The lowest BCUT2D eigenvalue weighted by Gasteiger charge is -2.36. The minimum absolute atomic E-state index is 0.0713. The number of aromatic carboxylic acids is 1. The molecule has 1 saturated heterocycles. The zero-order valence-electron chi connectivity index (χ0n) is 18.1. The number of hydrogen-bond acceptors (Lipinski definition) is 5. The molecule has 1 unspecified atom stereocenters. The molecule has 33 heavy (non-hydrogen) atoms. The van der Waals surface area contributed by atoms with Crippen molar-refractivity contribution in [1.29, 1.82) is 0 Å². The Hall–Kier alpha value is -3.21. The minimum atomic E-state index is -3.39. The predicted octanol–water partition coefficient (Wildman–Crippen LogP) is 2.09. The van der Waals surface area contributed by atoms with Gasteiger partial charge in [-0.3, -0.25) is 9.69 Å². The first kappa shape index (κ1) is 23.0. The predicted molar refractivity (Wildman–Crippen MR) is 123 cm³/mol. The van der Waals surface area contributed by atoms with E-state index in [0.29, 0.717) is 10.9 Å². The maximum atomic E-state index is 12.5. The average Bonchev–Trinajstić information content (AvgIpc) is 3.08. The fourth-order valence-electron chi connectivity index (χ4n) is 4.52. The third-order valence-corrected chi connectivity index (χ3v) is 7.31. The van der Waals surface area contributed by atoms with E-state index in [0.717, 1.165) is 11.8 Å². The van der Waals surface area contributed by atoms with Gasteiger partial charge in [0.05, 0.1) is 6.26 Å². The van der Waals surface area contributed by atoms with Crippen molar-refractivity contribution in [3.63, 3.8) is 0 Å². The molecule has 0 bridgehead atoms. The molecule has 4 rings (SSSR count). The van der Waals surface area contributed by atoms with Crippen molar-refractivity contribution in [2.24, 2.45) is 0 Å². The Labute approximate surface area is 191 Å². The molecule has 1 aliphatic heterocycles. The summed E-state index contributed by atoms with van der Waals surface area (Å²) < 4.78 is 26.7. The summed E-state index contributed by atoms with van der Waals surface area (Å²) in [5.74, 6) is -2.38. The van der Waals surface area contributed by atoms with Gasteiger partial charge in [0.1, 0.15) is 11.7 Å². The van der Waals surface area contributed by atoms with Crippen molar-refractivity contribution in [2.45, 2.75) is 12.6 Å². The van der Waals surface area contributed by atoms with Gasteiger partial charge < -0.3 is 14.8 Å². The second kappa shape index (κ2) is 8.97. The third-order valence-electron chi connectivity index (χ3n) is 6.01. The third kappa shape index (κ3) is 4.50. The van der Waals surface area contributed by atoms with Crippen LogP contribution in [-0.2, 0) is 21.4 Å². The number of nitrogens with zero attached hydrogens (tertiary/aromatic N) is 3. The van der Waals surface area contributed by atoms with Crippen LogP contribution < -0.4 is 0 Å². The maximum Gasteiger partial charge on any atom is 0.352 e. The molecule has 0 saturated carbocycles. The van der Waals surface area contributed by atoms with E-state index >= 15 is 0 Å². The van der Waals surface area contributed by atoms with Gasteiger partial charge in [-0.05, 0) is 11.6 Å². The van der Waals surface area contributed by atoms with E-state index in [1.807, 2.05) is 30.3 Å². The van der Waals surface area contributed by atoms with Gasteiger partial charge in [-0.15, -0.1) is 0 Å². The monoisotopic (exact) mass is 471 g/mol. The van der Waals surface area contributed by atoms with E-state index in [1.54, 1.807) is 33.7 Å². The number of piperazine rings is 1. The van der Waals surface area contributed by atoms with Crippen LogP contribution in [0.4, 0.5) is 0 Å². The quantitative estimate of drug-likeness (QED) is 0.541. The standard InChI is InChI=1S/C23H25N3O6S/c1-33(31,32)25-13-11-24(12-14-25)20(22(27)28)19-17-9-5-6-10-18(17)26(21(19)23(29)30)15-16-7-3-2-4-8-16/h2-10,20H,11-15H2,1H3,(H,27,28)(H,29,30).